The Morgan fingerprint density at radius 1 is 0.889 bits per heavy atom. The summed E-state index contributed by atoms with van der Waals surface area (Å²) in [6, 6.07) is 10.7. The Kier molecular flexibility index (Phi) is 26.2. The lowest BCUT2D eigenvalue weighted by Crippen LogP contribution is -2.14. The van der Waals surface area contributed by atoms with Crippen molar-refractivity contribution >= 4 is 0 Å². The molecule has 1 aromatic rings. The van der Waals surface area contributed by atoms with Crippen LogP contribution in [0.25, 0.3) is 0 Å². The molecular formula is C18H36. The summed E-state index contributed by atoms with van der Waals surface area (Å²) >= 11 is 0. The summed E-state index contributed by atoms with van der Waals surface area (Å²) in [6.07, 6.45) is 1.19. The van der Waals surface area contributed by atoms with Gasteiger partial charge in [-0.1, -0.05) is 86.2 Å². The smallest absolute Gasteiger partial charge is 0.0106 e. The largest absolute Gasteiger partial charge is 0.106 e. The molecule has 0 spiro atoms. The normalized spacial score (nSPS) is 7.94. The minimum absolute atomic E-state index is 0. The number of hydrogen-bond donors (Lipinski definition) is 0. The molecule has 0 unspecified atom stereocenters. The maximum atomic E-state index is 3.00. The summed E-state index contributed by atoms with van der Waals surface area (Å²) in [7, 11) is 0. The summed E-state index contributed by atoms with van der Waals surface area (Å²) in [6.45, 7) is 20.8. The van der Waals surface area contributed by atoms with E-state index in [0.29, 0.717) is 5.41 Å². The molecule has 1 aromatic carbocycles. The molecule has 0 aromatic heterocycles. The SMILES string of the molecule is C.C=C.CC.CC.CCC(C)(C)c1ccccc1. The summed E-state index contributed by atoms with van der Waals surface area (Å²) in [5, 5.41) is 0. The van der Waals surface area contributed by atoms with Gasteiger partial charge in [-0.25, -0.2) is 0 Å². The molecule has 0 N–H and O–H groups in total. The van der Waals surface area contributed by atoms with Crippen molar-refractivity contribution in [2.75, 3.05) is 0 Å². The molecule has 0 aliphatic rings. The van der Waals surface area contributed by atoms with Crippen molar-refractivity contribution in [3.63, 3.8) is 0 Å². The van der Waals surface area contributed by atoms with Gasteiger partial charge >= 0.3 is 0 Å². The minimum Gasteiger partial charge on any atom is -0.106 e. The Balaban J connectivity index is -0.000000123. The first kappa shape index (κ1) is 25.7. The van der Waals surface area contributed by atoms with Gasteiger partial charge in [0, 0.05) is 0 Å². The van der Waals surface area contributed by atoms with E-state index in [4.69, 9.17) is 0 Å². The molecule has 1 rings (SSSR count). The molecule has 0 aliphatic carbocycles. The van der Waals surface area contributed by atoms with Crippen LogP contribution in [0.2, 0.25) is 0 Å². The van der Waals surface area contributed by atoms with Crippen LogP contribution in [0.3, 0.4) is 0 Å². The van der Waals surface area contributed by atoms with Crippen molar-refractivity contribution in [2.45, 2.75) is 67.7 Å². The standard InChI is InChI=1S/C11H16.2C2H6.C2H4.CH4/c1-4-11(2,3)10-8-6-5-7-9-10;3*1-2;/h5-9H,4H2,1-3H3;2*1-2H3;1-2H2;1H4. The molecule has 0 heteroatoms. The zero-order valence-corrected chi connectivity index (χ0v) is 13.0. The predicted octanol–water partition coefficient (Wildman–Crippen LogP) is 6.86. The average molecular weight is 252 g/mol. The van der Waals surface area contributed by atoms with Gasteiger partial charge < -0.3 is 0 Å². The Morgan fingerprint density at radius 3 is 1.50 bits per heavy atom. The molecule has 0 saturated heterocycles. The predicted molar refractivity (Wildman–Crippen MR) is 90.4 cm³/mol. The summed E-state index contributed by atoms with van der Waals surface area (Å²) in [5.41, 5.74) is 1.77. The van der Waals surface area contributed by atoms with Gasteiger partial charge in [-0.2, -0.15) is 0 Å². The Labute approximate surface area is 117 Å². The lowest BCUT2D eigenvalue weighted by molar-refractivity contribution is 0.506. The summed E-state index contributed by atoms with van der Waals surface area (Å²) in [5.74, 6) is 0. The zero-order valence-electron chi connectivity index (χ0n) is 13.0. The highest BCUT2D eigenvalue weighted by atomic mass is 14.2. The van der Waals surface area contributed by atoms with E-state index in [2.05, 4.69) is 64.3 Å². The second-order valence-corrected chi connectivity index (χ2v) is 3.60. The molecule has 0 aliphatic heterocycles. The van der Waals surface area contributed by atoms with Gasteiger partial charge in [0.25, 0.3) is 0 Å². The minimum atomic E-state index is 0. The zero-order chi connectivity index (χ0) is 14.3. The lowest BCUT2D eigenvalue weighted by Gasteiger charge is -2.22. The van der Waals surface area contributed by atoms with Crippen molar-refractivity contribution in [3.05, 3.63) is 49.1 Å². The quantitative estimate of drug-likeness (QED) is 0.504. The number of benzene rings is 1. The molecule has 0 atom stereocenters. The number of hydrogen-bond acceptors (Lipinski definition) is 0. The van der Waals surface area contributed by atoms with Gasteiger partial charge in [0.1, 0.15) is 0 Å². The summed E-state index contributed by atoms with van der Waals surface area (Å²) < 4.78 is 0. The van der Waals surface area contributed by atoms with Gasteiger partial charge in [-0.15, -0.1) is 13.2 Å². The van der Waals surface area contributed by atoms with Gasteiger partial charge in [0.2, 0.25) is 0 Å². The van der Waals surface area contributed by atoms with Gasteiger partial charge in [0.05, 0.1) is 0 Å². The van der Waals surface area contributed by atoms with E-state index in [-0.39, 0.29) is 7.43 Å². The van der Waals surface area contributed by atoms with Crippen LogP contribution < -0.4 is 0 Å². The van der Waals surface area contributed by atoms with Gasteiger partial charge in [-0.3, -0.25) is 0 Å². The van der Waals surface area contributed by atoms with E-state index >= 15 is 0 Å². The van der Waals surface area contributed by atoms with E-state index in [1.807, 2.05) is 27.7 Å². The molecule has 0 nitrogen and oxygen atoms in total. The van der Waals surface area contributed by atoms with Crippen LogP contribution in [-0.4, -0.2) is 0 Å². The Hall–Kier alpha value is -1.04. The van der Waals surface area contributed by atoms with Crippen molar-refractivity contribution in [1.29, 1.82) is 0 Å². The van der Waals surface area contributed by atoms with Crippen LogP contribution in [0.1, 0.15) is 67.9 Å². The molecular weight excluding hydrogens is 216 g/mol. The van der Waals surface area contributed by atoms with E-state index in [1.165, 1.54) is 12.0 Å². The van der Waals surface area contributed by atoms with Crippen LogP contribution in [0.4, 0.5) is 0 Å². The summed E-state index contributed by atoms with van der Waals surface area (Å²) in [4.78, 5) is 0. The highest BCUT2D eigenvalue weighted by molar-refractivity contribution is 5.22. The van der Waals surface area contributed by atoms with Crippen LogP contribution >= 0.6 is 0 Å². The fourth-order valence-electron chi connectivity index (χ4n) is 1.09. The van der Waals surface area contributed by atoms with Crippen molar-refractivity contribution < 1.29 is 0 Å². The molecule has 0 radical (unpaired) electrons. The van der Waals surface area contributed by atoms with Crippen LogP contribution in [0.15, 0.2) is 43.5 Å². The van der Waals surface area contributed by atoms with Gasteiger partial charge in [-0.05, 0) is 17.4 Å². The third-order valence-corrected chi connectivity index (χ3v) is 2.44. The van der Waals surface area contributed by atoms with Crippen LogP contribution in [0.5, 0.6) is 0 Å². The van der Waals surface area contributed by atoms with E-state index in [0.717, 1.165) is 0 Å². The molecule has 0 bridgehead atoms. The highest BCUT2D eigenvalue weighted by Crippen LogP contribution is 2.25. The Morgan fingerprint density at radius 2 is 1.22 bits per heavy atom. The lowest BCUT2D eigenvalue weighted by atomic mass is 9.82. The fourth-order valence-corrected chi connectivity index (χ4v) is 1.09. The molecule has 0 fully saturated rings. The molecule has 18 heavy (non-hydrogen) atoms. The first-order valence-corrected chi connectivity index (χ1v) is 6.72. The van der Waals surface area contributed by atoms with E-state index < -0.39 is 0 Å². The third kappa shape index (κ3) is 11.4. The number of rotatable bonds is 2. The first-order valence-electron chi connectivity index (χ1n) is 6.72. The monoisotopic (exact) mass is 252 g/mol. The molecule has 0 heterocycles. The fraction of sp³-hybridized carbons (Fsp3) is 0.556. The molecule has 0 saturated carbocycles. The molecule has 108 valence electrons. The van der Waals surface area contributed by atoms with Crippen molar-refractivity contribution in [2.24, 2.45) is 0 Å². The van der Waals surface area contributed by atoms with Crippen LogP contribution in [0, 0.1) is 0 Å². The second kappa shape index (κ2) is 18.3. The topological polar surface area (TPSA) is 0 Å². The van der Waals surface area contributed by atoms with E-state index in [1.54, 1.807) is 0 Å². The highest BCUT2D eigenvalue weighted by Gasteiger charge is 2.16. The van der Waals surface area contributed by atoms with Crippen LogP contribution in [-0.2, 0) is 5.41 Å². The van der Waals surface area contributed by atoms with Crippen molar-refractivity contribution in [3.8, 4) is 0 Å². The first-order chi connectivity index (χ1) is 8.17. The third-order valence-electron chi connectivity index (χ3n) is 2.44. The van der Waals surface area contributed by atoms with Gasteiger partial charge in [0.15, 0.2) is 0 Å². The second-order valence-electron chi connectivity index (χ2n) is 3.60. The average Bonchev–Trinajstić information content (AvgIpc) is 2.46. The Bertz CT molecular complexity index is 221. The maximum Gasteiger partial charge on any atom is -0.0106 e. The molecule has 0 amide bonds. The maximum absolute atomic E-state index is 3.00. The van der Waals surface area contributed by atoms with Crippen molar-refractivity contribution in [1.82, 2.24) is 0 Å². The van der Waals surface area contributed by atoms with E-state index in [9.17, 15) is 0 Å².